The lowest BCUT2D eigenvalue weighted by molar-refractivity contribution is -0.137. The van der Waals surface area contributed by atoms with Gasteiger partial charge in [0.25, 0.3) is 5.56 Å². The zero-order chi connectivity index (χ0) is 23.2. The Hall–Kier alpha value is -3.28. The number of benzene rings is 1. The second-order valence-corrected chi connectivity index (χ2v) is 8.30. The molecule has 1 aromatic carbocycles. The Bertz CT molecular complexity index is 1410. The number of carbonyl (C=O) groups excluding carboxylic acids is 1. The third-order valence-electron chi connectivity index (χ3n) is 4.79. The molecule has 1 N–H and O–H groups in total. The molecule has 1 amide bonds. The molecule has 0 radical (unpaired) electrons. The van der Waals surface area contributed by atoms with Crippen molar-refractivity contribution in [2.45, 2.75) is 32.5 Å². The first-order valence-corrected chi connectivity index (χ1v) is 10.2. The number of carbonyl (C=O) groups is 1. The lowest BCUT2D eigenvalue weighted by atomic mass is 10.0. The van der Waals surface area contributed by atoms with E-state index in [0.717, 1.165) is 22.9 Å². The average molecular weight is 509 g/mol. The molecule has 3 heterocycles. The number of halogens is 4. The Labute approximate surface area is 187 Å². The van der Waals surface area contributed by atoms with Gasteiger partial charge in [0, 0.05) is 11.6 Å². The molecule has 12 heteroatoms. The van der Waals surface area contributed by atoms with E-state index in [4.69, 9.17) is 0 Å². The minimum Gasteiger partial charge on any atom is -0.323 e. The molecule has 0 aliphatic carbocycles. The van der Waals surface area contributed by atoms with E-state index in [1.807, 2.05) is 0 Å². The molecule has 0 aliphatic heterocycles. The highest BCUT2D eigenvalue weighted by Crippen LogP contribution is 2.32. The second-order valence-electron chi connectivity index (χ2n) is 7.45. The molecule has 32 heavy (non-hydrogen) atoms. The number of nitrogens with zero attached hydrogens (tertiary/aromatic N) is 5. The van der Waals surface area contributed by atoms with Crippen LogP contribution in [0.5, 0.6) is 0 Å². The van der Waals surface area contributed by atoms with Gasteiger partial charge in [-0.3, -0.25) is 14.0 Å². The summed E-state index contributed by atoms with van der Waals surface area (Å²) in [4.78, 5) is 25.5. The van der Waals surface area contributed by atoms with E-state index in [9.17, 15) is 22.8 Å². The van der Waals surface area contributed by atoms with Crippen molar-refractivity contribution in [1.82, 2.24) is 24.4 Å². The number of rotatable bonds is 4. The summed E-state index contributed by atoms with van der Waals surface area (Å²) in [5.41, 5.74) is -0.216. The minimum atomic E-state index is -4.54. The van der Waals surface area contributed by atoms with Crippen molar-refractivity contribution in [2.75, 3.05) is 5.32 Å². The Balaban J connectivity index is 1.69. The predicted molar refractivity (Wildman–Crippen MR) is 114 cm³/mol. The maximum Gasteiger partial charge on any atom is 0.416 e. The quantitative estimate of drug-likeness (QED) is 0.449. The van der Waals surface area contributed by atoms with E-state index < -0.39 is 29.8 Å². The van der Waals surface area contributed by atoms with Gasteiger partial charge in [-0.2, -0.15) is 18.3 Å². The molecular formula is C20H16BrF3N6O2. The highest BCUT2D eigenvalue weighted by atomic mass is 79.9. The summed E-state index contributed by atoms with van der Waals surface area (Å²) in [6.07, 6.45) is -1.47. The van der Waals surface area contributed by atoms with Crippen LogP contribution in [0.2, 0.25) is 0 Å². The van der Waals surface area contributed by atoms with Crippen LogP contribution < -0.4 is 10.9 Å². The van der Waals surface area contributed by atoms with Gasteiger partial charge in [0.05, 0.1) is 26.8 Å². The first-order chi connectivity index (χ1) is 15.0. The lowest BCUT2D eigenvalue weighted by Crippen LogP contribution is -2.31. The largest absolute Gasteiger partial charge is 0.416 e. The number of hydrogen-bond acceptors (Lipinski definition) is 5. The van der Waals surface area contributed by atoms with E-state index in [0.29, 0.717) is 21.5 Å². The van der Waals surface area contributed by atoms with Crippen LogP contribution in [0.25, 0.3) is 16.4 Å². The summed E-state index contributed by atoms with van der Waals surface area (Å²) in [7, 11) is 0. The van der Waals surface area contributed by atoms with Gasteiger partial charge in [0.15, 0.2) is 5.65 Å². The second kappa shape index (κ2) is 8.01. The van der Waals surface area contributed by atoms with Crippen LogP contribution in [0.4, 0.5) is 18.9 Å². The van der Waals surface area contributed by atoms with Crippen molar-refractivity contribution in [1.29, 1.82) is 0 Å². The molecule has 0 saturated carbocycles. The first-order valence-electron chi connectivity index (χ1n) is 9.45. The van der Waals surface area contributed by atoms with Crippen LogP contribution in [-0.4, -0.2) is 30.3 Å². The Morgan fingerprint density at radius 2 is 1.97 bits per heavy atom. The van der Waals surface area contributed by atoms with Crippen LogP contribution >= 0.6 is 15.9 Å². The molecule has 0 spiro atoms. The summed E-state index contributed by atoms with van der Waals surface area (Å²) in [5.74, 6) is -0.803. The van der Waals surface area contributed by atoms with Gasteiger partial charge in [-0.05, 0) is 46.1 Å². The van der Waals surface area contributed by atoms with E-state index >= 15 is 0 Å². The van der Waals surface area contributed by atoms with Gasteiger partial charge in [-0.15, -0.1) is 10.2 Å². The molecule has 0 bridgehead atoms. The van der Waals surface area contributed by atoms with Crippen molar-refractivity contribution in [3.8, 4) is 0 Å². The van der Waals surface area contributed by atoms with Crippen molar-refractivity contribution >= 4 is 43.9 Å². The van der Waals surface area contributed by atoms with Gasteiger partial charge in [-0.25, -0.2) is 4.68 Å². The number of anilines is 1. The molecule has 0 fully saturated rings. The number of pyridine rings is 1. The van der Waals surface area contributed by atoms with E-state index in [2.05, 4.69) is 36.5 Å². The maximum absolute atomic E-state index is 13.1. The van der Waals surface area contributed by atoms with Crippen molar-refractivity contribution in [2.24, 2.45) is 0 Å². The summed E-state index contributed by atoms with van der Waals surface area (Å²) in [6, 6.07) is 4.54. The summed E-state index contributed by atoms with van der Waals surface area (Å²) < 4.78 is 42.6. The zero-order valence-electron chi connectivity index (χ0n) is 16.8. The molecule has 4 aromatic rings. The highest BCUT2D eigenvalue weighted by Gasteiger charge is 2.31. The van der Waals surface area contributed by atoms with Crippen LogP contribution in [0, 0.1) is 0 Å². The maximum atomic E-state index is 13.1. The summed E-state index contributed by atoms with van der Waals surface area (Å²) in [6.45, 7) is 3.10. The minimum absolute atomic E-state index is 0.0677. The molecule has 166 valence electrons. The molecule has 4 rings (SSSR count). The monoisotopic (exact) mass is 508 g/mol. The third kappa shape index (κ3) is 4.09. The van der Waals surface area contributed by atoms with Gasteiger partial charge in [0.2, 0.25) is 5.91 Å². The van der Waals surface area contributed by atoms with Crippen LogP contribution in [0.1, 0.15) is 31.0 Å². The molecule has 0 unspecified atom stereocenters. The third-order valence-corrected chi connectivity index (χ3v) is 5.37. The Morgan fingerprint density at radius 3 is 2.66 bits per heavy atom. The number of nitrogens with one attached hydrogen (secondary N) is 1. The number of alkyl halides is 3. The lowest BCUT2D eigenvalue weighted by Gasteiger charge is -2.15. The Morgan fingerprint density at radius 1 is 1.22 bits per heavy atom. The SMILES string of the molecule is CC(C)c1nn(CC(=O)Nc2cc(Br)c3nncn3c2)c(=O)c2ccc(C(F)(F)F)cc12. The molecule has 0 aliphatic rings. The molecule has 8 nitrogen and oxygen atoms in total. The molecule has 3 aromatic heterocycles. The summed E-state index contributed by atoms with van der Waals surface area (Å²) >= 11 is 3.35. The standard InChI is InChI=1S/C20H16BrF3N6O2/c1-10(2)17-14-5-11(20(22,23)24)3-4-13(14)19(32)30(28-17)8-16(31)26-12-6-15(21)18-27-25-9-29(18)7-12/h3-7,9-10H,8H2,1-2H3,(H,26,31). The average Bonchev–Trinajstić information content (AvgIpc) is 3.18. The molecule has 0 saturated heterocycles. The van der Waals surface area contributed by atoms with Gasteiger partial charge in [-0.1, -0.05) is 13.8 Å². The highest BCUT2D eigenvalue weighted by molar-refractivity contribution is 9.10. The van der Waals surface area contributed by atoms with E-state index in [1.54, 1.807) is 30.5 Å². The number of amides is 1. The number of fused-ring (bicyclic) bond motifs is 2. The van der Waals surface area contributed by atoms with E-state index in [1.165, 1.54) is 6.33 Å². The van der Waals surface area contributed by atoms with Crippen molar-refractivity contribution in [3.05, 3.63) is 62.9 Å². The topological polar surface area (TPSA) is 94.2 Å². The van der Waals surface area contributed by atoms with Crippen LogP contribution in [-0.2, 0) is 17.5 Å². The van der Waals surface area contributed by atoms with E-state index in [-0.39, 0.29) is 16.7 Å². The molecular weight excluding hydrogens is 493 g/mol. The number of hydrogen-bond donors (Lipinski definition) is 1. The fraction of sp³-hybridized carbons (Fsp3) is 0.250. The van der Waals surface area contributed by atoms with Gasteiger partial charge in [0.1, 0.15) is 12.9 Å². The van der Waals surface area contributed by atoms with Crippen molar-refractivity contribution < 1.29 is 18.0 Å². The fourth-order valence-electron chi connectivity index (χ4n) is 3.32. The fourth-order valence-corrected chi connectivity index (χ4v) is 3.85. The van der Waals surface area contributed by atoms with Crippen LogP contribution in [0.3, 0.4) is 0 Å². The zero-order valence-corrected chi connectivity index (χ0v) is 18.4. The first kappa shape index (κ1) is 21.9. The van der Waals surface area contributed by atoms with Gasteiger partial charge < -0.3 is 5.32 Å². The Kier molecular flexibility index (Phi) is 5.49. The van der Waals surface area contributed by atoms with Gasteiger partial charge >= 0.3 is 6.18 Å². The van der Waals surface area contributed by atoms with Crippen molar-refractivity contribution in [3.63, 3.8) is 0 Å². The normalized spacial score (nSPS) is 12.1. The smallest absolute Gasteiger partial charge is 0.323 e. The summed E-state index contributed by atoms with van der Waals surface area (Å²) in [5, 5.41) is 14.8. The number of aromatic nitrogens is 5. The van der Waals surface area contributed by atoms with Crippen LogP contribution in [0.15, 0.2) is 46.1 Å². The molecule has 0 atom stereocenters. The predicted octanol–water partition coefficient (Wildman–Crippen LogP) is 3.98.